The highest BCUT2D eigenvalue weighted by Crippen LogP contribution is 1.99. The first-order chi connectivity index (χ1) is 7.33. The van der Waals surface area contributed by atoms with Gasteiger partial charge in [-0.25, -0.2) is 0 Å². The van der Waals surface area contributed by atoms with Crippen LogP contribution >= 0.6 is 0 Å². The predicted octanol–water partition coefficient (Wildman–Crippen LogP) is 0.312. The fourth-order valence-electron chi connectivity index (χ4n) is 1.08. The Bertz CT molecular complexity index is 287. The third kappa shape index (κ3) is 5.15. The molecule has 0 saturated heterocycles. The summed E-state index contributed by atoms with van der Waals surface area (Å²) in [5, 5.41) is 11.0. The van der Waals surface area contributed by atoms with Gasteiger partial charge in [-0.05, 0) is 5.56 Å². The molecule has 0 aliphatic rings. The van der Waals surface area contributed by atoms with Gasteiger partial charge in [0, 0.05) is 6.54 Å². The molecule has 4 nitrogen and oxygen atoms in total. The number of amides is 1. The van der Waals surface area contributed by atoms with Crippen LogP contribution in [0.2, 0.25) is 0 Å². The lowest BCUT2D eigenvalue weighted by Gasteiger charge is -2.04. The molecular weight excluding hydrogens is 194 g/mol. The summed E-state index contributed by atoms with van der Waals surface area (Å²) in [4.78, 5) is 11.0. The molecule has 0 spiro atoms. The summed E-state index contributed by atoms with van der Waals surface area (Å²) in [7, 11) is 0. The Morgan fingerprint density at radius 3 is 2.73 bits per heavy atom. The van der Waals surface area contributed by atoms with Crippen LogP contribution in [0, 0.1) is 0 Å². The molecule has 0 bridgehead atoms. The second kappa shape index (κ2) is 6.98. The Balaban J connectivity index is 2.14. The minimum absolute atomic E-state index is 0.0227. The van der Waals surface area contributed by atoms with Crippen LogP contribution in [0.1, 0.15) is 5.56 Å². The van der Waals surface area contributed by atoms with Gasteiger partial charge in [0.2, 0.25) is 5.91 Å². The highest BCUT2D eigenvalue weighted by Gasteiger charge is 1.99. The number of benzene rings is 1. The number of rotatable bonds is 6. The van der Waals surface area contributed by atoms with Crippen molar-refractivity contribution in [3.63, 3.8) is 0 Å². The summed E-state index contributed by atoms with van der Waals surface area (Å²) in [6.07, 6.45) is 0. The number of ether oxygens (including phenoxy) is 1. The molecule has 0 heterocycles. The highest BCUT2D eigenvalue weighted by molar-refractivity contribution is 5.77. The number of nitrogens with one attached hydrogen (secondary N) is 1. The van der Waals surface area contributed by atoms with Crippen molar-refractivity contribution in [2.24, 2.45) is 0 Å². The molecule has 1 aromatic rings. The van der Waals surface area contributed by atoms with Crippen molar-refractivity contribution in [1.29, 1.82) is 0 Å². The van der Waals surface area contributed by atoms with Crippen LogP contribution in [0.25, 0.3) is 0 Å². The summed E-state index contributed by atoms with van der Waals surface area (Å²) in [5.74, 6) is -0.208. The molecule has 4 heteroatoms. The van der Waals surface area contributed by atoms with Gasteiger partial charge in [0.15, 0.2) is 0 Å². The summed E-state index contributed by atoms with van der Waals surface area (Å²) >= 11 is 0. The zero-order chi connectivity index (χ0) is 10.9. The first-order valence-corrected chi connectivity index (χ1v) is 4.82. The van der Waals surface area contributed by atoms with Crippen LogP contribution < -0.4 is 5.32 Å². The molecule has 0 fully saturated rings. The Morgan fingerprint density at radius 2 is 2.07 bits per heavy atom. The van der Waals surface area contributed by atoms with Crippen molar-refractivity contribution in [2.45, 2.75) is 6.61 Å². The van der Waals surface area contributed by atoms with Gasteiger partial charge < -0.3 is 15.2 Å². The molecule has 1 aromatic carbocycles. The molecule has 0 radical (unpaired) electrons. The lowest BCUT2D eigenvalue weighted by atomic mass is 10.2. The smallest absolute Gasteiger partial charge is 0.246 e. The van der Waals surface area contributed by atoms with Crippen LogP contribution in [0.4, 0.5) is 0 Å². The zero-order valence-corrected chi connectivity index (χ0v) is 8.48. The monoisotopic (exact) mass is 209 g/mol. The molecule has 1 amide bonds. The van der Waals surface area contributed by atoms with Gasteiger partial charge in [0.25, 0.3) is 0 Å². The van der Waals surface area contributed by atoms with E-state index in [9.17, 15) is 4.79 Å². The lowest BCUT2D eigenvalue weighted by molar-refractivity contribution is -0.126. The van der Waals surface area contributed by atoms with Gasteiger partial charge in [0.1, 0.15) is 6.61 Å². The van der Waals surface area contributed by atoms with Crippen LogP contribution in [0.5, 0.6) is 0 Å². The van der Waals surface area contributed by atoms with Crippen molar-refractivity contribution in [1.82, 2.24) is 5.32 Å². The average Bonchev–Trinajstić information content (AvgIpc) is 2.28. The highest BCUT2D eigenvalue weighted by atomic mass is 16.5. The number of hydrogen-bond donors (Lipinski definition) is 2. The number of aliphatic hydroxyl groups is 1. The van der Waals surface area contributed by atoms with Crippen LogP contribution in [-0.4, -0.2) is 30.8 Å². The van der Waals surface area contributed by atoms with Crippen molar-refractivity contribution in [3.8, 4) is 0 Å². The van der Waals surface area contributed by atoms with Crippen LogP contribution in [0.15, 0.2) is 30.3 Å². The molecule has 0 atom stereocenters. The number of carbonyl (C=O) groups excluding carboxylic acids is 1. The van der Waals surface area contributed by atoms with E-state index in [-0.39, 0.29) is 25.7 Å². The zero-order valence-electron chi connectivity index (χ0n) is 8.48. The van der Waals surface area contributed by atoms with E-state index in [1.807, 2.05) is 30.3 Å². The van der Waals surface area contributed by atoms with E-state index in [1.165, 1.54) is 0 Å². The summed E-state index contributed by atoms with van der Waals surface area (Å²) in [6.45, 7) is 0.667. The standard InChI is InChI=1S/C11H15NO3/c13-7-6-12-11(14)9-15-8-10-4-2-1-3-5-10/h1-5,13H,6-9H2,(H,12,14). The van der Waals surface area contributed by atoms with E-state index in [1.54, 1.807) is 0 Å². The molecule has 82 valence electrons. The second-order valence-electron chi connectivity index (χ2n) is 3.05. The first-order valence-electron chi connectivity index (χ1n) is 4.82. The molecule has 0 saturated carbocycles. The molecule has 1 rings (SSSR count). The van der Waals surface area contributed by atoms with Gasteiger partial charge in [-0.3, -0.25) is 4.79 Å². The molecule has 0 aromatic heterocycles. The number of carbonyl (C=O) groups is 1. The lowest BCUT2D eigenvalue weighted by Crippen LogP contribution is -2.29. The van der Waals surface area contributed by atoms with E-state index < -0.39 is 0 Å². The Labute approximate surface area is 88.9 Å². The van der Waals surface area contributed by atoms with Crippen molar-refractivity contribution >= 4 is 5.91 Å². The Morgan fingerprint density at radius 1 is 1.33 bits per heavy atom. The van der Waals surface area contributed by atoms with Crippen LogP contribution in [-0.2, 0) is 16.1 Å². The van der Waals surface area contributed by atoms with E-state index in [4.69, 9.17) is 9.84 Å². The minimum Gasteiger partial charge on any atom is -0.395 e. The van der Waals surface area contributed by atoms with Gasteiger partial charge >= 0.3 is 0 Å². The average molecular weight is 209 g/mol. The maximum absolute atomic E-state index is 11.0. The minimum atomic E-state index is -0.208. The summed E-state index contributed by atoms with van der Waals surface area (Å²) in [6, 6.07) is 9.64. The Kier molecular flexibility index (Phi) is 5.43. The molecule has 2 N–H and O–H groups in total. The SMILES string of the molecule is O=C(COCc1ccccc1)NCCO. The first kappa shape index (κ1) is 11.7. The van der Waals surface area contributed by atoms with E-state index in [0.29, 0.717) is 6.61 Å². The van der Waals surface area contributed by atoms with Gasteiger partial charge in [-0.1, -0.05) is 30.3 Å². The van der Waals surface area contributed by atoms with E-state index >= 15 is 0 Å². The van der Waals surface area contributed by atoms with E-state index in [0.717, 1.165) is 5.56 Å². The fourth-order valence-corrected chi connectivity index (χ4v) is 1.08. The molecule has 0 aliphatic carbocycles. The van der Waals surface area contributed by atoms with Gasteiger partial charge in [0.05, 0.1) is 13.2 Å². The molecule has 0 unspecified atom stereocenters. The predicted molar refractivity (Wildman–Crippen MR) is 56.2 cm³/mol. The number of aliphatic hydroxyl groups excluding tert-OH is 1. The molecule has 15 heavy (non-hydrogen) atoms. The van der Waals surface area contributed by atoms with Gasteiger partial charge in [-0.15, -0.1) is 0 Å². The molecular formula is C11H15NO3. The topological polar surface area (TPSA) is 58.6 Å². The quantitative estimate of drug-likeness (QED) is 0.709. The molecule has 0 aliphatic heterocycles. The largest absolute Gasteiger partial charge is 0.395 e. The van der Waals surface area contributed by atoms with E-state index in [2.05, 4.69) is 5.32 Å². The van der Waals surface area contributed by atoms with Crippen LogP contribution in [0.3, 0.4) is 0 Å². The Hall–Kier alpha value is -1.39. The number of hydrogen-bond acceptors (Lipinski definition) is 3. The third-order valence-electron chi connectivity index (χ3n) is 1.78. The third-order valence-corrected chi connectivity index (χ3v) is 1.78. The van der Waals surface area contributed by atoms with Crippen molar-refractivity contribution in [2.75, 3.05) is 19.8 Å². The van der Waals surface area contributed by atoms with Crippen molar-refractivity contribution < 1.29 is 14.6 Å². The fraction of sp³-hybridized carbons (Fsp3) is 0.364. The summed E-state index contributed by atoms with van der Waals surface area (Å²) < 4.78 is 5.18. The maximum Gasteiger partial charge on any atom is 0.246 e. The van der Waals surface area contributed by atoms with Crippen molar-refractivity contribution in [3.05, 3.63) is 35.9 Å². The normalized spacial score (nSPS) is 9.93. The summed E-state index contributed by atoms with van der Waals surface area (Å²) in [5.41, 5.74) is 1.03. The second-order valence-corrected chi connectivity index (χ2v) is 3.05. The van der Waals surface area contributed by atoms with Gasteiger partial charge in [-0.2, -0.15) is 0 Å². The maximum atomic E-state index is 11.0.